The van der Waals surface area contributed by atoms with Crippen molar-refractivity contribution >= 4 is 17.7 Å². The van der Waals surface area contributed by atoms with E-state index >= 15 is 0 Å². The minimum absolute atomic E-state index is 0.0139. The summed E-state index contributed by atoms with van der Waals surface area (Å²) in [7, 11) is 0. The highest BCUT2D eigenvalue weighted by molar-refractivity contribution is 5.96. The minimum Gasteiger partial charge on any atom is -0.343 e. The van der Waals surface area contributed by atoms with Gasteiger partial charge in [-0.25, -0.2) is 0 Å². The standard InChI is InChI=1S/C24H29N3O3/c1-24(2,3)20-11-9-19(10-12-20)23(30)27-15-13-26(14-16-27)21(28)17-25-22(29)18-7-5-4-6-8-18/h4-12H,13-17H2,1-3H3,(H,25,29). The Morgan fingerprint density at radius 2 is 1.37 bits per heavy atom. The van der Waals surface area contributed by atoms with Crippen LogP contribution in [-0.4, -0.2) is 60.2 Å². The van der Waals surface area contributed by atoms with Gasteiger partial charge in [-0.2, -0.15) is 0 Å². The van der Waals surface area contributed by atoms with Gasteiger partial charge >= 0.3 is 0 Å². The molecule has 0 saturated carbocycles. The van der Waals surface area contributed by atoms with Crippen LogP contribution >= 0.6 is 0 Å². The molecule has 1 heterocycles. The number of benzene rings is 2. The number of carbonyl (C=O) groups excluding carboxylic acids is 3. The zero-order valence-corrected chi connectivity index (χ0v) is 17.9. The van der Waals surface area contributed by atoms with Gasteiger partial charge in [0.2, 0.25) is 5.91 Å². The number of piperazine rings is 1. The van der Waals surface area contributed by atoms with Crippen molar-refractivity contribution < 1.29 is 14.4 Å². The van der Waals surface area contributed by atoms with Crippen molar-refractivity contribution in [3.63, 3.8) is 0 Å². The molecule has 0 aromatic heterocycles. The SMILES string of the molecule is CC(C)(C)c1ccc(C(=O)N2CCN(C(=O)CNC(=O)c3ccccc3)CC2)cc1. The fraction of sp³-hybridized carbons (Fsp3) is 0.375. The highest BCUT2D eigenvalue weighted by Crippen LogP contribution is 2.22. The Morgan fingerprint density at radius 3 is 1.93 bits per heavy atom. The molecule has 158 valence electrons. The highest BCUT2D eigenvalue weighted by Gasteiger charge is 2.25. The third-order valence-electron chi connectivity index (χ3n) is 5.35. The number of carbonyl (C=O) groups is 3. The van der Waals surface area contributed by atoms with Gasteiger partial charge in [-0.05, 0) is 35.2 Å². The summed E-state index contributed by atoms with van der Waals surface area (Å²) in [6, 6.07) is 16.6. The van der Waals surface area contributed by atoms with E-state index < -0.39 is 0 Å². The Labute approximate surface area is 177 Å². The predicted molar refractivity (Wildman–Crippen MR) is 116 cm³/mol. The van der Waals surface area contributed by atoms with Crippen LogP contribution in [0.3, 0.4) is 0 Å². The van der Waals surface area contributed by atoms with Gasteiger partial charge < -0.3 is 15.1 Å². The maximum Gasteiger partial charge on any atom is 0.253 e. The zero-order valence-electron chi connectivity index (χ0n) is 17.9. The average Bonchev–Trinajstić information content (AvgIpc) is 2.77. The summed E-state index contributed by atoms with van der Waals surface area (Å²) in [6.07, 6.45) is 0. The van der Waals surface area contributed by atoms with E-state index in [1.165, 1.54) is 5.56 Å². The minimum atomic E-state index is -0.267. The quantitative estimate of drug-likeness (QED) is 0.847. The van der Waals surface area contributed by atoms with Gasteiger partial charge in [0, 0.05) is 37.3 Å². The molecule has 2 aromatic rings. The topological polar surface area (TPSA) is 69.7 Å². The Bertz CT molecular complexity index is 894. The maximum atomic E-state index is 12.8. The lowest BCUT2D eigenvalue weighted by molar-refractivity contribution is -0.131. The van der Waals surface area contributed by atoms with E-state index in [4.69, 9.17) is 0 Å². The molecule has 6 nitrogen and oxygen atoms in total. The lowest BCUT2D eigenvalue weighted by Gasteiger charge is -2.35. The zero-order chi connectivity index (χ0) is 21.7. The first kappa shape index (κ1) is 21.6. The summed E-state index contributed by atoms with van der Waals surface area (Å²) in [4.78, 5) is 40.7. The van der Waals surface area contributed by atoms with Crippen LogP contribution in [0.4, 0.5) is 0 Å². The van der Waals surface area contributed by atoms with Crippen LogP contribution in [0.15, 0.2) is 54.6 Å². The van der Waals surface area contributed by atoms with Gasteiger partial charge in [-0.3, -0.25) is 14.4 Å². The smallest absolute Gasteiger partial charge is 0.253 e. The summed E-state index contributed by atoms with van der Waals surface area (Å²) >= 11 is 0. The second kappa shape index (κ2) is 9.11. The van der Waals surface area contributed by atoms with Crippen LogP contribution in [-0.2, 0) is 10.2 Å². The van der Waals surface area contributed by atoms with Gasteiger partial charge in [0.25, 0.3) is 11.8 Å². The molecule has 3 rings (SSSR count). The maximum absolute atomic E-state index is 12.8. The van der Waals surface area contributed by atoms with Gasteiger partial charge in [0.1, 0.15) is 0 Å². The second-order valence-corrected chi connectivity index (χ2v) is 8.55. The van der Waals surface area contributed by atoms with Crippen molar-refractivity contribution in [2.45, 2.75) is 26.2 Å². The average molecular weight is 408 g/mol. The molecule has 30 heavy (non-hydrogen) atoms. The number of rotatable bonds is 4. The summed E-state index contributed by atoms with van der Waals surface area (Å²) < 4.78 is 0. The molecular weight excluding hydrogens is 378 g/mol. The molecule has 2 aromatic carbocycles. The molecular formula is C24H29N3O3. The summed E-state index contributed by atoms with van der Waals surface area (Å²) in [5.41, 5.74) is 2.42. The number of amides is 3. The second-order valence-electron chi connectivity index (χ2n) is 8.55. The van der Waals surface area contributed by atoms with Crippen LogP contribution in [0.1, 0.15) is 47.1 Å². The molecule has 0 atom stereocenters. The van der Waals surface area contributed by atoms with E-state index in [1.807, 2.05) is 30.3 Å². The number of hydrogen-bond acceptors (Lipinski definition) is 3. The van der Waals surface area contributed by atoms with Crippen LogP contribution < -0.4 is 5.32 Å². The van der Waals surface area contributed by atoms with Crippen molar-refractivity contribution in [2.24, 2.45) is 0 Å². The number of nitrogens with zero attached hydrogens (tertiary/aromatic N) is 2. The van der Waals surface area contributed by atoms with E-state index in [-0.39, 0.29) is 29.7 Å². The highest BCUT2D eigenvalue weighted by atomic mass is 16.2. The molecule has 0 unspecified atom stereocenters. The van der Waals surface area contributed by atoms with Crippen LogP contribution in [0.25, 0.3) is 0 Å². The van der Waals surface area contributed by atoms with E-state index in [0.29, 0.717) is 37.3 Å². The Balaban J connectivity index is 1.48. The molecule has 3 amide bonds. The van der Waals surface area contributed by atoms with E-state index in [2.05, 4.69) is 26.1 Å². The lowest BCUT2D eigenvalue weighted by atomic mass is 9.86. The Hall–Kier alpha value is -3.15. The largest absolute Gasteiger partial charge is 0.343 e. The van der Waals surface area contributed by atoms with Crippen molar-refractivity contribution in [3.8, 4) is 0 Å². The summed E-state index contributed by atoms with van der Waals surface area (Å²) in [5, 5.41) is 2.66. The van der Waals surface area contributed by atoms with E-state index in [0.717, 1.165) is 0 Å². The first-order chi connectivity index (χ1) is 14.3. The molecule has 0 radical (unpaired) electrons. The molecule has 6 heteroatoms. The van der Waals surface area contributed by atoms with Crippen LogP contribution in [0.2, 0.25) is 0 Å². The fourth-order valence-corrected chi connectivity index (χ4v) is 3.41. The molecule has 0 aliphatic carbocycles. The molecule has 1 saturated heterocycles. The van der Waals surface area contributed by atoms with E-state index in [9.17, 15) is 14.4 Å². The molecule has 0 spiro atoms. The normalized spacial score (nSPS) is 14.4. The van der Waals surface area contributed by atoms with Crippen molar-refractivity contribution in [2.75, 3.05) is 32.7 Å². The number of hydrogen-bond donors (Lipinski definition) is 1. The molecule has 1 N–H and O–H groups in total. The van der Waals surface area contributed by atoms with E-state index in [1.54, 1.807) is 34.1 Å². The predicted octanol–water partition coefficient (Wildman–Crippen LogP) is 2.70. The molecule has 1 aliphatic rings. The molecule has 1 fully saturated rings. The van der Waals surface area contributed by atoms with Gasteiger partial charge in [-0.15, -0.1) is 0 Å². The third kappa shape index (κ3) is 5.26. The van der Waals surface area contributed by atoms with Crippen molar-refractivity contribution in [3.05, 3.63) is 71.3 Å². The Morgan fingerprint density at radius 1 is 0.800 bits per heavy atom. The Kier molecular flexibility index (Phi) is 6.55. The van der Waals surface area contributed by atoms with Crippen molar-refractivity contribution in [1.29, 1.82) is 0 Å². The lowest BCUT2D eigenvalue weighted by Crippen LogP contribution is -2.52. The monoisotopic (exact) mass is 407 g/mol. The first-order valence-corrected chi connectivity index (χ1v) is 10.3. The first-order valence-electron chi connectivity index (χ1n) is 10.3. The van der Waals surface area contributed by atoms with Gasteiger partial charge in [0.05, 0.1) is 6.54 Å². The van der Waals surface area contributed by atoms with Crippen molar-refractivity contribution in [1.82, 2.24) is 15.1 Å². The van der Waals surface area contributed by atoms with Gasteiger partial charge in [-0.1, -0.05) is 51.1 Å². The summed E-state index contributed by atoms with van der Waals surface area (Å²) in [5.74, 6) is -0.419. The van der Waals surface area contributed by atoms with Crippen LogP contribution in [0.5, 0.6) is 0 Å². The molecule has 0 bridgehead atoms. The fourth-order valence-electron chi connectivity index (χ4n) is 3.41. The molecule has 1 aliphatic heterocycles. The van der Waals surface area contributed by atoms with Gasteiger partial charge in [0.15, 0.2) is 0 Å². The third-order valence-corrected chi connectivity index (χ3v) is 5.35. The van der Waals surface area contributed by atoms with Crippen LogP contribution in [0, 0.1) is 0 Å². The summed E-state index contributed by atoms with van der Waals surface area (Å²) in [6.45, 7) is 8.27. The number of nitrogens with one attached hydrogen (secondary N) is 1.